The molecule has 0 aliphatic carbocycles. The minimum atomic E-state index is -1.06. The molecule has 2 N–H and O–H groups in total. The van der Waals surface area contributed by atoms with Gasteiger partial charge in [0.15, 0.2) is 0 Å². The number of fused-ring (bicyclic) bond motifs is 1. The van der Waals surface area contributed by atoms with E-state index in [-0.39, 0.29) is 37.1 Å². The average Bonchev–Trinajstić information content (AvgIpc) is 3.38. The predicted octanol–water partition coefficient (Wildman–Crippen LogP) is 3.44. The van der Waals surface area contributed by atoms with Crippen LogP contribution in [0.1, 0.15) is 56.8 Å². The minimum Gasteiger partial charge on any atom is -0.394 e. The molecule has 5 atom stereocenters. The first-order valence-electron chi connectivity index (χ1n) is 12.5. The molecule has 2 fully saturated rings. The summed E-state index contributed by atoms with van der Waals surface area (Å²) in [6.45, 7) is 3.44. The fourth-order valence-electron chi connectivity index (χ4n) is 5.11. The van der Waals surface area contributed by atoms with Gasteiger partial charge in [-0.1, -0.05) is 35.5 Å². The summed E-state index contributed by atoms with van der Waals surface area (Å²) in [5.41, 5.74) is 2.97. The Kier molecular flexibility index (Phi) is 6.98. The van der Waals surface area contributed by atoms with Gasteiger partial charge in [0.25, 0.3) is 0 Å². The Balaban J connectivity index is 1.32. The van der Waals surface area contributed by atoms with Gasteiger partial charge < -0.3 is 19.7 Å². The van der Waals surface area contributed by atoms with Crippen molar-refractivity contribution < 1.29 is 19.7 Å². The molecular formula is C27H34N4O4. The molecule has 0 radical (unpaired) electrons. The van der Waals surface area contributed by atoms with Crippen LogP contribution in [0.2, 0.25) is 0 Å². The van der Waals surface area contributed by atoms with Crippen LogP contribution in [-0.2, 0) is 21.5 Å². The third-order valence-electron chi connectivity index (χ3n) is 7.15. The zero-order valence-corrected chi connectivity index (χ0v) is 20.3. The molecule has 8 nitrogen and oxygen atoms in total. The van der Waals surface area contributed by atoms with Crippen molar-refractivity contribution in [1.29, 1.82) is 0 Å². The second-order valence-electron chi connectivity index (χ2n) is 10.2. The van der Waals surface area contributed by atoms with E-state index in [1.165, 1.54) is 5.56 Å². The fraction of sp³-hybridized carbons (Fsp3) is 0.519. The lowest BCUT2D eigenvalue weighted by Crippen LogP contribution is -2.51. The van der Waals surface area contributed by atoms with Crippen LogP contribution in [0.3, 0.4) is 0 Å². The molecule has 0 saturated carbocycles. The maximum absolute atomic E-state index is 10.4. The third kappa shape index (κ3) is 5.46. The van der Waals surface area contributed by atoms with Crippen molar-refractivity contribution in [3.63, 3.8) is 0 Å². The van der Waals surface area contributed by atoms with Gasteiger partial charge in [-0.3, -0.25) is 4.98 Å². The van der Waals surface area contributed by atoms with Gasteiger partial charge in [0.1, 0.15) is 11.3 Å². The van der Waals surface area contributed by atoms with Crippen molar-refractivity contribution in [3.8, 4) is 11.1 Å². The highest BCUT2D eigenvalue weighted by Crippen LogP contribution is 2.38. The quantitative estimate of drug-likeness (QED) is 0.536. The number of rotatable bonds is 7. The van der Waals surface area contributed by atoms with Crippen molar-refractivity contribution in [1.82, 2.24) is 20.0 Å². The van der Waals surface area contributed by atoms with E-state index in [0.29, 0.717) is 5.69 Å². The summed E-state index contributed by atoms with van der Waals surface area (Å²) >= 11 is 0. The predicted molar refractivity (Wildman–Crippen MR) is 131 cm³/mol. The molecule has 8 heteroatoms. The van der Waals surface area contributed by atoms with Gasteiger partial charge in [-0.25, -0.2) is 4.68 Å². The normalized spacial score (nSPS) is 26.9. The highest BCUT2D eigenvalue weighted by atomic mass is 16.6. The molecule has 2 aromatic heterocycles. The van der Waals surface area contributed by atoms with Gasteiger partial charge in [0.2, 0.25) is 0 Å². The van der Waals surface area contributed by atoms with Gasteiger partial charge in [-0.05, 0) is 62.3 Å². The smallest absolute Gasteiger partial charge is 0.114 e. The van der Waals surface area contributed by atoms with Crippen molar-refractivity contribution in [2.24, 2.45) is 0 Å². The fourth-order valence-corrected chi connectivity index (χ4v) is 5.11. The lowest BCUT2D eigenvalue weighted by Gasteiger charge is -2.45. The molecule has 0 bridgehead atoms. The molecule has 0 spiro atoms. The Morgan fingerprint density at radius 1 is 1.06 bits per heavy atom. The first-order chi connectivity index (χ1) is 16.9. The standard InChI is InChI=1S/C27H34N4O4/c1-27(2,33)26-16-31(30-29-26)22-14-25-24(12-10-21(17-32)34-25)35-23(22)11-7-18-5-8-19(9-6-18)20-4-3-13-28-15-20/h3-6,8-9,13,15-16,21-25,32-33H,7,10-12,14,17H2,1-2H3/t21-,22+,23+,24-,25-/m0/s1. The molecule has 4 heterocycles. The van der Waals surface area contributed by atoms with Gasteiger partial charge in [-0.15, -0.1) is 5.10 Å². The average molecular weight is 479 g/mol. The van der Waals surface area contributed by atoms with Crippen LogP contribution in [0.5, 0.6) is 0 Å². The highest BCUT2D eigenvalue weighted by molar-refractivity contribution is 5.62. The zero-order chi connectivity index (χ0) is 24.4. The molecule has 35 heavy (non-hydrogen) atoms. The molecule has 2 saturated heterocycles. The van der Waals surface area contributed by atoms with Crippen LogP contribution in [0.15, 0.2) is 55.0 Å². The van der Waals surface area contributed by atoms with Crippen molar-refractivity contribution in [2.75, 3.05) is 6.61 Å². The largest absolute Gasteiger partial charge is 0.394 e. The van der Waals surface area contributed by atoms with E-state index in [1.807, 2.05) is 23.1 Å². The van der Waals surface area contributed by atoms with E-state index in [2.05, 4.69) is 45.6 Å². The number of aliphatic hydroxyl groups excluding tert-OH is 1. The number of hydrogen-bond donors (Lipinski definition) is 2. The summed E-state index contributed by atoms with van der Waals surface area (Å²) in [5, 5.41) is 28.5. The van der Waals surface area contributed by atoms with E-state index in [4.69, 9.17) is 9.47 Å². The number of pyridine rings is 1. The Labute approximate surface area is 205 Å². The first-order valence-corrected chi connectivity index (χ1v) is 12.5. The SMILES string of the molecule is CC(C)(O)c1cn([C@@H]2C[C@@H]3O[C@H](CO)CC[C@@H]3O[C@@H]2CCc2ccc(-c3cccnc3)cc2)nn1. The number of aryl methyl sites for hydroxylation is 1. The molecule has 186 valence electrons. The van der Waals surface area contributed by atoms with Gasteiger partial charge in [-0.2, -0.15) is 0 Å². The number of ether oxygens (including phenoxy) is 2. The maximum Gasteiger partial charge on any atom is 0.114 e. The summed E-state index contributed by atoms with van der Waals surface area (Å²) in [5.74, 6) is 0. The molecular weight excluding hydrogens is 444 g/mol. The number of hydrogen-bond acceptors (Lipinski definition) is 7. The Hall–Kier alpha value is -2.65. The Bertz CT molecular complexity index is 1100. The molecule has 2 aliphatic rings. The van der Waals surface area contributed by atoms with Crippen LogP contribution in [0.4, 0.5) is 0 Å². The molecule has 5 rings (SSSR count). The van der Waals surface area contributed by atoms with E-state index in [1.54, 1.807) is 20.0 Å². The molecule has 2 aliphatic heterocycles. The summed E-state index contributed by atoms with van der Waals surface area (Å²) in [6.07, 6.45) is 9.33. The van der Waals surface area contributed by atoms with Crippen molar-refractivity contribution in [3.05, 3.63) is 66.2 Å². The van der Waals surface area contributed by atoms with Crippen LogP contribution >= 0.6 is 0 Å². The molecule has 3 aromatic rings. The number of aromatic nitrogens is 4. The Morgan fingerprint density at radius 3 is 2.57 bits per heavy atom. The Morgan fingerprint density at radius 2 is 1.89 bits per heavy atom. The summed E-state index contributed by atoms with van der Waals surface area (Å²) in [4.78, 5) is 4.21. The first kappa shape index (κ1) is 24.1. The highest BCUT2D eigenvalue weighted by Gasteiger charge is 2.43. The maximum atomic E-state index is 10.4. The van der Waals surface area contributed by atoms with Crippen molar-refractivity contribution >= 4 is 0 Å². The lowest BCUT2D eigenvalue weighted by molar-refractivity contribution is -0.209. The van der Waals surface area contributed by atoms with E-state index in [0.717, 1.165) is 43.2 Å². The number of aliphatic hydroxyl groups is 2. The third-order valence-corrected chi connectivity index (χ3v) is 7.15. The molecule has 0 amide bonds. The zero-order valence-electron chi connectivity index (χ0n) is 20.3. The second kappa shape index (κ2) is 10.1. The summed E-state index contributed by atoms with van der Waals surface area (Å²) in [6, 6.07) is 12.6. The van der Waals surface area contributed by atoms with Crippen LogP contribution in [-0.4, -0.2) is 61.2 Å². The van der Waals surface area contributed by atoms with Crippen molar-refractivity contribution in [2.45, 2.75) is 82.0 Å². The number of benzene rings is 1. The van der Waals surface area contributed by atoms with E-state index >= 15 is 0 Å². The summed E-state index contributed by atoms with van der Waals surface area (Å²) < 4.78 is 14.6. The second-order valence-corrected chi connectivity index (χ2v) is 10.2. The van der Waals surface area contributed by atoms with Crippen LogP contribution < -0.4 is 0 Å². The van der Waals surface area contributed by atoms with Crippen LogP contribution in [0, 0.1) is 0 Å². The minimum absolute atomic E-state index is 0.0179. The lowest BCUT2D eigenvalue weighted by atomic mass is 9.88. The summed E-state index contributed by atoms with van der Waals surface area (Å²) in [7, 11) is 0. The molecule has 1 aromatic carbocycles. The van der Waals surface area contributed by atoms with Gasteiger partial charge >= 0.3 is 0 Å². The van der Waals surface area contributed by atoms with E-state index in [9.17, 15) is 10.2 Å². The topological polar surface area (TPSA) is 103 Å². The monoisotopic (exact) mass is 478 g/mol. The van der Waals surface area contributed by atoms with Crippen LogP contribution in [0.25, 0.3) is 11.1 Å². The molecule has 0 unspecified atom stereocenters. The van der Waals surface area contributed by atoms with Gasteiger partial charge in [0.05, 0.1) is 43.3 Å². The van der Waals surface area contributed by atoms with Gasteiger partial charge in [0, 0.05) is 18.8 Å². The number of nitrogens with zero attached hydrogens (tertiary/aromatic N) is 4. The van der Waals surface area contributed by atoms with E-state index < -0.39 is 5.60 Å².